The molecule has 6 heteroatoms. The van der Waals surface area contributed by atoms with Gasteiger partial charge < -0.3 is 15.4 Å². The van der Waals surface area contributed by atoms with Crippen molar-refractivity contribution >= 4 is 22.7 Å². The Morgan fingerprint density at radius 1 is 1.45 bits per heavy atom. The lowest BCUT2D eigenvalue weighted by atomic mass is 10.1. The number of benzene rings is 1. The first-order valence-corrected chi connectivity index (χ1v) is 7.81. The van der Waals surface area contributed by atoms with Gasteiger partial charge in [0.2, 0.25) is 0 Å². The third-order valence-corrected chi connectivity index (χ3v) is 3.83. The molecule has 0 aliphatic carbocycles. The fourth-order valence-corrected chi connectivity index (χ4v) is 2.75. The first kappa shape index (κ1) is 15.0. The Labute approximate surface area is 121 Å². The third-order valence-electron chi connectivity index (χ3n) is 2.92. The Hall–Kier alpha value is -1.37. The maximum atomic E-state index is 11.9. The number of hydrogen-bond acceptors (Lipinski definition) is 5. The van der Waals surface area contributed by atoms with Crippen LogP contribution in [0.3, 0.4) is 0 Å². The van der Waals surface area contributed by atoms with Crippen molar-refractivity contribution in [3.05, 3.63) is 40.4 Å². The molecule has 1 unspecified atom stereocenters. The summed E-state index contributed by atoms with van der Waals surface area (Å²) in [5.74, 6) is 1.23. The first-order chi connectivity index (χ1) is 9.52. The second-order valence-corrected chi connectivity index (χ2v) is 5.93. The lowest BCUT2D eigenvalue weighted by Gasteiger charge is -2.22. The average Bonchev–Trinajstić information content (AvgIpc) is 2.38. The molecule has 1 heterocycles. The SMILES string of the molecule is CSCC(C)(O)CNCc1nc2ccccc2c(=O)[nH]1. The van der Waals surface area contributed by atoms with Gasteiger partial charge in [-0.05, 0) is 25.3 Å². The van der Waals surface area contributed by atoms with Crippen molar-refractivity contribution in [3.8, 4) is 0 Å². The van der Waals surface area contributed by atoms with E-state index in [0.29, 0.717) is 35.6 Å². The van der Waals surface area contributed by atoms with Crippen molar-refractivity contribution < 1.29 is 5.11 Å². The van der Waals surface area contributed by atoms with Crippen molar-refractivity contribution in [1.29, 1.82) is 0 Å². The summed E-state index contributed by atoms with van der Waals surface area (Å²) in [6.45, 7) is 2.65. The fourth-order valence-electron chi connectivity index (χ4n) is 2.03. The van der Waals surface area contributed by atoms with Gasteiger partial charge in [-0.15, -0.1) is 0 Å². The van der Waals surface area contributed by atoms with Crippen LogP contribution in [0.5, 0.6) is 0 Å². The van der Waals surface area contributed by atoms with E-state index < -0.39 is 5.60 Å². The lowest BCUT2D eigenvalue weighted by molar-refractivity contribution is 0.0844. The van der Waals surface area contributed by atoms with Gasteiger partial charge in [-0.25, -0.2) is 4.98 Å². The zero-order valence-electron chi connectivity index (χ0n) is 11.6. The summed E-state index contributed by atoms with van der Waals surface area (Å²) in [7, 11) is 0. The van der Waals surface area contributed by atoms with Crippen LogP contribution in [0, 0.1) is 0 Å². The van der Waals surface area contributed by atoms with Gasteiger partial charge in [0.05, 0.1) is 23.0 Å². The number of aromatic nitrogens is 2. The average molecular weight is 293 g/mol. The van der Waals surface area contributed by atoms with Gasteiger partial charge >= 0.3 is 0 Å². The van der Waals surface area contributed by atoms with Crippen LogP contribution >= 0.6 is 11.8 Å². The molecule has 1 atom stereocenters. The number of fused-ring (bicyclic) bond motifs is 1. The monoisotopic (exact) mass is 293 g/mol. The number of nitrogens with one attached hydrogen (secondary N) is 2. The Morgan fingerprint density at radius 3 is 2.95 bits per heavy atom. The van der Waals surface area contributed by atoms with Crippen LogP contribution in [0.15, 0.2) is 29.1 Å². The molecule has 1 aromatic heterocycles. The van der Waals surface area contributed by atoms with Gasteiger partial charge in [0, 0.05) is 12.3 Å². The third kappa shape index (κ3) is 3.82. The number of aliphatic hydroxyl groups is 1. The maximum Gasteiger partial charge on any atom is 0.258 e. The highest BCUT2D eigenvalue weighted by atomic mass is 32.2. The van der Waals surface area contributed by atoms with Gasteiger partial charge in [0.25, 0.3) is 5.56 Å². The molecule has 0 spiro atoms. The molecule has 5 nitrogen and oxygen atoms in total. The molecule has 0 fully saturated rings. The second-order valence-electron chi connectivity index (χ2n) is 5.06. The van der Waals surface area contributed by atoms with Gasteiger partial charge in [-0.3, -0.25) is 4.79 Å². The van der Waals surface area contributed by atoms with E-state index in [1.807, 2.05) is 24.5 Å². The van der Waals surface area contributed by atoms with Crippen molar-refractivity contribution in [2.24, 2.45) is 0 Å². The highest BCUT2D eigenvalue weighted by Crippen LogP contribution is 2.09. The largest absolute Gasteiger partial charge is 0.388 e. The minimum Gasteiger partial charge on any atom is -0.388 e. The predicted octanol–water partition coefficient (Wildman–Crippen LogP) is 1.13. The van der Waals surface area contributed by atoms with Gasteiger partial charge in [0.15, 0.2) is 0 Å². The van der Waals surface area contributed by atoms with E-state index in [1.165, 1.54) is 0 Å². The van der Waals surface area contributed by atoms with Gasteiger partial charge in [0.1, 0.15) is 5.82 Å². The quantitative estimate of drug-likeness (QED) is 0.744. The van der Waals surface area contributed by atoms with Crippen LogP contribution in [0.4, 0.5) is 0 Å². The summed E-state index contributed by atoms with van der Waals surface area (Å²) in [4.78, 5) is 19.0. The molecule has 2 rings (SSSR count). The topological polar surface area (TPSA) is 78.0 Å². The highest BCUT2D eigenvalue weighted by Gasteiger charge is 2.18. The fraction of sp³-hybridized carbons (Fsp3) is 0.429. The molecule has 0 aliphatic heterocycles. The van der Waals surface area contributed by atoms with Gasteiger partial charge in [-0.2, -0.15) is 11.8 Å². The zero-order chi connectivity index (χ0) is 14.6. The molecule has 2 aromatic rings. The molecule has 0 saturated heterocycles. The molecule has 20 heavy (non-hydrogen) atoms. The van der Waals surface area contributed by atoms with Crippen LogP contribution in [0.1, 0.15) is 12.7 Å². The Kier molecular flexibility index (Phi) is 4.80. The Balaban J connectivity index is 2.06. The van der Waals surface area contributed by atoms with E-state index in [9.17, 15) is 9.90 Å². The number of nitrogens with zero attached hydrogens (tertiary/aromatic N) is 1. The lowest BCUT2D eigenvalue weighted by Crippen LogP contribution is -2.40. The summed E-state index contributed by atoms with van der Waals surface area (Å²) in [6.07, 6.45) is 1.96. The summed E-state index contributed by atoms with van der Waals surface area (Å²) >= 11 is 1.60. The van der Waals surface area contributed by atoms with E-state index in [2.05, 4.69) is 15.3 Å². The van der Waals surface area contributed by atoms with Crippen LogP contribution in [-0.4, -0.2) is 39.2 Å². The minimum absolute atomic E-state index is 0.136. The molecule has 0 saturated carbocycles. The zero-order valence-corrected chi connectivity index (χ0v) is 12.5. The molecule has 3 N–H and O–H groups in total. The summed E-state index contributed by atoms with van der Waals surface area (Å²) < 4.78 is 0. The molecule has 108 valence electrons. The first-order valence-electron chi connectivity index (χ1n) is 6.42. The number of para-hydroxylation sites is 1. The van der Waals surface area contributed by atoms with Crippen LogP contribution in [0.25, 0.3) is 10.9 Å². The molecule has 1 aromatic carbocycles. The predicted molar refractivity (Wildman–Crippen MR) is 83.1 cm³/mol. The van der Waals surface area contributed by atoms with Crippen molar-refractivity contribution in [2.45, 2.75) is 19.1 Å². The van der Waals surface area contributed by atoms with Gasteiger partial charge in [-0.1, -0.05) is 12.1 Å². The molecule has 0 amide bonds. The van der Waals surface area contributed by atoms with Crippen molar-refractivity contribution in [2.75, 3.05) is 18.6 Å². The van der Waals surface area contributed by atoms with E-state index in [-0.39, 0.29) is 5.56 Å². The number of H-pyrrole nitrogens is 1. The standard InChI is InChI=1S/C14H19N3O2S/c1-14(19,9-20-2)8-15-7-12-16-11-6-4-3-5-10(11)13(18)17-12/h3-6,15,19H,7-9H2,1-2H3,(H,16,17,18). The number of thioether (sulfide) groups is 1. The normalized spacial score (nSPS) is 14.3. The molecule has 0 bridgehead atoms. The van der Waals surface area contributed by atoms with Crippen LogP contribution in [-0.2, 0) is 6.54 Å². The summed E-state index contributed by atoms with van der Waals surface area (Å²) in [5, 5.41) is 13.8. The maximum absolute atomic E-state index is 11.9. The van der Waals surface area contributed by atoms with E-state index in [0.717, 1.165) is 0 Å². The molecular formula is C14H19N3O2S. The Bertz CT molecular complexity index is 640. The molecule has 0 radical (unpaired) electrons. The minimum atomic E-state index is -0.767. The number of hydrogen-bond donors (Lipinski definition) is 3. The van der Waals surface area contributed by atoms with E-state index in [4.69, 9.17) is 0 Å². The van der Waals surface area contributed by atoms with Crippen molar-refractivity contribution in [3.63, 3.8) is 0 Å². The van der Waals surface area contributed by atoms with Crippen LogP contribution < -0.4 is 10.9 Å². The second kappa shape index (κ2) is 6.39. The van der Waals surface area contributed by atoms with E-state index in [1.54, 1.807) is 24.8 Å². The van der Waals surface area contributed by atoms with Crippen LogP contribution in [0.2, 0.25) is 0 Å². The summed E-state index contributed by atoms with van der Waals surface area (Å²) in [5.41, 5.74) is -0.219. The smallest absolute Gasteiger partial charge is 0.258 e. The number of rotatable bonds is 6. The highest BCUT2D eigenvalue weighted by molar-refractivity contribution is 7.98. The van der Waals surface area contributed by atoms with E-state index >= 15 is 0 Å². The molecular weight excluding hydrogens is 274 g/mol. The summed E-state index contributed by atoms with van der Waals surface area (Å²) in [6, 6.07) is 7.24. The number of aromatic amines is 1. The van der Waals surface area contributed by atoms with Crippen molar-refractivity contribution in [1.82, 2.24) is 15.3 Å². The Morgan fingerprint density at radius 2 is 2.20 bits per heavy atom. The molecule has 0 aliphatic rings.